The molecule has 1 spiro atoms. The molecule has 0 bridgehead atoms. The molecule has 1 heterocycles. The van der Waals surface area contributed by atoms with Crippen LogP contribution < -0.4 is 4.90 Å². The van der Waals surface area contributed by atoms with Crippen molar-refractivity contribution in [1.82, 2.24) is 4.57 Å². The lowest BCUT2D eigenvalue weighted by molar-refractivity contribution is 0.783. The molecule has 0 fully saturated rings. The standard InChI is InChI=1S/C59H38N2/c1-4-16-39(17-5-1)41-30-32-44(33-31-41)61-54-29-15-28-51-57(54)58-55(61)36-34-48-53(60(43-21-8-3-9-22-43)45-23-14-20-42(38-45)40-18-6-2-7-19-40)37-35-52(56(48)58)59(51)49-26-12-10-24-46(49)47-25-11-13-27-50(47)59/h1-38H. The topological polar surface area (TPSA) is 8.17 Å². The zero-order valence-electron chi connectivity index (χ0n) is 33.3. The summed E-state index contributed by atoms with van der Waals surface area (Å²) in [6.45, 7) is 0. The average Bonchev–Trinajstić information content (AvgIpc) is 3.84. The van der Waals surface area contributed by atoms with E-state index in [-0.39, 0.29) is 0 Å². The van der Waals surface area contributed by atoms with Crippen molar-refractivity contribution >= 4 is 49.6 Å². The molecule has 0 saturated carbocycles. The van der Waals surface area contributed by atoms with E-state index in [4.69, 9.17) is 0 Å². The molecule has 11 aromatic rings. The first-order chi connectivity index (χ1) is 30.3. The normalized spacial score (nSPS) is 13.0. The van der Waals surface area contributed by atoms with Crippen LogP contribution in [0.4, 0.5) is 17.1 Å². The summed E-state index contributed by atoms with van der Waals surface area (Å²) in [6, 6.07) is 85.2. The number of anilines is 3. The average molecular weight is 775 g/mol. The Morgan fingerprint density at radius 2 is 0.852 bits per heavy atom. The molecule has 0 atom stereocenters. The summed E-state index contributed by atoms with van der Waals surface area (Å²) in [6.07, 6.45) is 0. The fourth-order valence-electron chi connectivity index (χ4n) is 10.9. The zero-order chi connectivity index (χ0) is 40.1. The predicted octanol–water partition coefficient (Wildman–Crippen LogP) is 15.4. The minimum Gasteiger partial charge on any atom is -0.310 e. The molecule has 0 N–H and O–H groups in total. The maximum atomic E-state index is 2.50. The molecular weight excluding hydrogens is 737 g/mol. The number of para-hydroxylation sites is 1. The second-order valence-electron chi connectivity index (χ2n) is 16.4. The van der Waals surface area contributed by atoms with Gasteiger partial charge in [0.2, 0.25) is 0 Å². The number of hydrogen-bond donors (Lipinski definition) is 0. The van der Waals surface area contributed by atoms with Crippen molar-refractivity contribution in [2.45, 2.75) is 5.41 Å². The van der Waals surface area contributed by atoms with E-state index >= 15 is 0 Å². The molecule has 0 amide bonds. The van der Waals surface area contributed by atoms with Crippen LogP contribution >= 0.6 is 0 Å². The Morgan fingerprint density at radius 3 is 1.56 bits per heavy atom. The van der Waals surface area contributed by atoms with Gasteiger partial charge in [-0.25, -0.2) is 0 Å². The third kappa shape index (κ3) is 4.73. The van der Waals surface area contributed by atoms with Gasteiger partial charge in [0.05, 0.1) is 22.1 Å². The molecule has 0 saturated heterocycles. The van der Waals surface area contributed by atoms with Crippen molar-refractivity contribution in [2.75, 3.05) is 4.90 Å². The van der Waals surface area contributed by atoms with E-state index in [0.717, 1.165) is 22.7 Å². The Morgan fingerprint density at radius 1 is 0.328 bits per heavy atom. The van der Waals surface area contributed by atoms with E-state index < -0.39 is 5.41 Å². The van der Waals surface area contributed by atoms with Gasteiger partial charge in [0.15, 0.2) is 0 Å². The van der Waals surface area contributed by atoms with Crippen molar-refractivity contribution in [3.05, 3.63) is 253 Å². The Kier molecular flexibility index (Phi) is 7.26. The van der Waals surface area contributed by atoms with Gasteiger partial charge < -0.3 is 9.47 Å². The van der Waals surface area contributed by atoms with Crippen LogP contribution in [0.2, 0.25) is 0 Å². The second kappa shape index (κ2) is 13.0. The van der Waals surface area contributed by atoms with Crippen LogP contribution in [0.15, 0.2) is 231 Å². The lowest BCUT2D eigenvalue weighted by atomic mass is 9.63. The molecular formula is C59H38N2. The molecule has 2 aliphatic carbocycles. The van der Waals surface area contributed by atoms with E-state index in [0.29, 0.717) is 0 Å². The Balaban J connectivity index is 1.15. The van der Waals surface area contributed by atoms with Crippen molar-refractivity contribution in [3.63, 3.8) is 0 Å². The highest BCUT2D eigenvalue weighted by Gasteiger charge is 2.50. The van der Waals surface area contributed by atoms with Crippen LogP contribution in [0.3, 0.4) is 0 Å². The number of aromatic nitrogens is 1. The van der Waals surface area contributed by atoms with Crippen molar-refractivity contribution in [1.29, 1.82) is 0 Å². The number of fused-ring (bicyclic) bond motifs is 7. The van der Waals surface area contributed by atoms with Crippen LogP contribution in [0.1, 0.15) is 22.3 Å². The van der Waals surface area contributed by atoms with Crippen LogP contribution in [0.25, 0.3) is 71.6 Å². The van der Waals surface area contributed by atoms with Gasteiger partial charge in [-0.2, -0.15) is 0 Å². The molecule has 2 heteroatoms. The largest absolute Gasteiger partial charge is 0.310 e. The summed E-state index contributed by atoms with van der Waals surface area (Å²) < 4.78 is 2.50. The summed E-state index contributed by atoms with van der Waals surface area (Å²) in [5.74, 6) is 0. The second-order valence-corrected chi connectivity index (χ2v) is 16.4. The molecule has 0 aliphatic heterocycles. The quantitative estimate of drug-likeness (QED) is 0.163. The summed E-state index contributed by atoms with van der Waals surface area (Å²) >= 11 is 0. The minimum absolute atomic E-state index is 0.515. The van der Waals surface area contributed by atoms with Gasteiger partial charge in [0, 0.05) is 33.2 Å². The molecule has 0 radical (unpaired) electrons. The first-order valence-corrected chi connectivity index (χ1v) is 21.2. The molecule has 0 unspecified atom stereocenters. The van der Waals surface area contributed by atoms with Crippen molar-refractivity contribution in [2.24, 2.45) is 0 Å². The lowest BCUT2D eigenvalue weighted by Gasteiger charge is -2.38. The number of nitrogens with zero attached hydrogens (tertiary/aromatic N) is 2. The maximum absolute atomic E-state index is 2.50. The zero-order valence-corrected chi connectivity index (χ0v) is 33.3. The van der Waals surface area contributed by atoms with Gasteiger partial charge in [-0.1, -0.05) is 176 Å². The van der Waals surface area contributed by atoms with Crippen LogP contribution in [-0.4, -0.2) is 4.57 Å². The highest BCUT2D eigenvalue weighted by atomic mass is 15.1. The summed E-state index contributed by atoms with van der Waals surface area (Å²) in [7, 11) is 0. The van der Waals surface area contributed by atoms with E-state index in [9.17, 15) is 0 Å². The number of benzene rings is 10. The minimum atomic E-state index is -0.515. The van der Waals surface area contributed by atoms with Gasteiger partial charge in [0.1, 0.15) is 0 Å². The smallest absolute Gasteiger partial charge is 0.0726 e. The first-order valence-electron chi connectivity index (χ1n) is 21.2. The molecule has 2 nitrogen and oxygen atoms in total. The third-order valence-corrected chi connectivity index (χ3v) is 13.4. The molecule has 2 aliphatic rings. The maximum Gasteiger partial charge on any atom is 0.0726 e. The van der Waals surface area contributed by atoms with Crippen molar-refractivity contribution in [3.8, 4) is 39.1 Å². The van der Waals surface area contributed by atoms with Gasteiger partial charge in [-0.15, -0.1) is 0 Å². The Hall–Kier alpha value is -7.94. The molecule has 10 aromatic carbocycles. The molecule has 284 valence electrons. The highest BCUT2D eigenvalue weighted by molar-refractivity contribution is 6.28. The number of rotatable bonds is 6. The molecule has 1 aromatic heterocycles. The van der Waals surface area contributed by atoms with Gasteiger partial charge >= 0.3 is 0 Å². The van der Waals surface area contributed by atoms with Crippen LogP contribution in [0.5, 0.6) is 0 Å². The third-order valence-electron chi connectivity index (χ3n) is 13.4. The summed E-state index contributed by atoms with van der Waals surface area (Å²) in [5.41, 5.74) is 19.3. The first kappa shape index (κ1) is 34.0. The van der Waals surface area contributed by atoms with E-state index in [1.165, 1.54) is 88.2 Å². The monoisotopic (exact) mass is 774 g/mol. The molecule has 61 heavy (non-hydrogen) atoms. The highest BCUT2D eigenvalue weighted by Crippen LogP contribution is 2.63. The fraction of sp³-hybridized carbons (Fsp3) is 0.0169. The van der Waals surface area contributed by atoms with Gasteiger partial charge in [-0.3, -0.25) is 0 Å². The van der Waals surface area contributed by atoms with E-state index in [1.807, 2.05) is 0 Å². The summed E-state index contributed by atoms with van der Waals surface area (Å²) in [4.78, 5) is 2.46. The van der Waals surface area contributed by atoms with E-state index in [1.54, 1.807) is 0 Å². The van der Waals surface area contributed by atoms with Crippen molar-refractivity contribution < 1.29 is 0 Å². The van der Waals surface area contributed by atoms with Gasteiger partial charge in [0.25, 0.3) is 0 Å². The molecule has 13 rings (SSSR count). The van der Waals surface area contributed by atoms with Gasteiger partial charge in [-0.05, 0) is 116 Å². The summed E-state index contributed by atoms with van der Waals surface area (Å²) in [5, 5.41) is 5.17. The lowest BCUT2D eigenvalue weighted by Crippen LogP contribution is -2.30. The fourth-order valence-corrected chi connectivity index (χ4v) is 10.9. The Bertz CT molecular complexity index is 3460. The van der Waals surface area contributed by atoms with Crippen LogP contribution in [0, 0.1) is 0 Å². The van der Waals surface area contributed by atoms with Crippen LogP contribution in [-0.2, 0) is 5.41 Å². The van der Waals surface area contributed by atoms with E-state index in [2.05, 4.69) is 240 Å². The Labute approximate surface area is 354 Å². The predicted molar refractivity (Wildman–Crippen MR) is 255 cm³/mol. The SMILES string of the molecule is c1ccc(-c2ccc(-n3c4cccc5c4c4c6c(ccc(N(c7ccccc7)c7cccc(-c8ccccc8)c7)c6ccc43)C53c4ccccc4-c4ccccc43)cc2)cc1. The number of hydrogen-bond acceptors (Lipinski definition) is 1.